The van der Waals surface area contributed by atoms with Crippen LogP contribution in [0, 0.1) is 5.92 Å². The van der Waals surface area contributed by atoms with Crippen LogP contribution in [0.15, 0.2) is 69.6 Å². The Labute approximate surface area is 210 Å². The number of rotatable bonds is 6. The molecule has 3 aromatic rings. The lowest BCUT2D eigenvalue weighted by molar-refractivity contribution is -0.113. The number of amides is 1. The van der Waals surface area contributed by atoms with Crippen LogP contribution in [-0.2, 0) is 11.4 Å². The minimum atomic E-state index is 0.0335. The molecule has 0 aliphatic carbocycles. The van der Waals surface area contributed by atoms with Gasteiger partial charge in [0.15, 0.2) is 0 Å². The molecule has 1 amide bonds. The van der Waals surface area contributed by atoms with Gasteiger partial charge in [-0.2, -0.15) is 0 Å². The number of carbonyl (C=O) groups excluding carboxylic acids is 1. The second kappa shape index (κ2) is 9.82. The maximum absolute atomic E-state index is 13.2. The Kier molecular flexibility index (Phi) is 7.08. The van der Waals surface area contributed by atoms with Crippen LogP contribution in [0.3, 0.4) is 0 Å². The van der Waals surface area contributed by atoms with E-state index in [1.165, 1.54) is 0 Å². The van der Waals surface area contributed by atoms with Crippen LogP contribution in [0.25, 0.3) is 11.6 Å². The van der Waals surface area contributed by atoms with E-state index in [9.17, 15) is 4.79 Å². The van der Waals surface area contributed by atoms with E-state index in [2.05, 4.69) is 45.7 Å². The molecule has 1 aliphatic heterocycles. The molecule has 3 aromatic carbocycles. The molecule has 164 valence electrons. The van der Waals surface area contributed by atoms with Gasteiger partial charge >= 0.3 is 0 Å². The number of benzene rings is 3. The quantitative estimate of drug-likeness (QED) is 0.279. The van der Waals surface area contributed by atoms with Crippen molar-refractivity contribution < 1.29 is 9.53 Å². The molecule has 0 unspecified atom stereocenters. The molecular weight excluding hydrogens is 554 g/mol. The molecule has 1 aliphatic rings. The predicted molar refractivity (Wildman–Crippen MR) is 139 cm³/mol. The predicted octanol–water partition coefficient (Wildman–Crippen LogP) is 7.99. The molecule has 0 radical (unpaired) electrons. The molecule has 0 N–H and O–H groups in total. The molecule has 0 bridgehead atoms. The van der Waals surface area contributed by atoms with E-state index >= 15 is 0 Å². The van der Waals surface area contributed by atoms with Crippen molar-refractivity contribution in [3.63, 3.8) is 0 Å². The van der Waals surface area contributed by atoms with Crippen LogP contribution in [0.4, 0.5) is 5.69 Å². The van der Waals surface area contributed by atoms with E-state index < -0.39 is 0 Å². The fourth-order valence-electron chi connectivity index (χ4n) is 3.73. The van der Waals surface area contributed by atoms with Crippen molar-refractivity contribution in [2.75, 3.05) is 11.4 Å². The first kappa shape index (κ1) is 23.1. The smallest absolute Gasteiger partial charge is 0.259 e. The highest BCUT2D eigenvalue weighted by Crippen LogP contribution is 2.40. The second-order valence-corrected chi connectivity index (χ2v) is 10.2. The third-order valence-electron chi connectivity index (χ3n) is 5.17. The summed E-state index contributed by atoms with van der Waals surface area (Å²) >= 11 is 13.5. The topological polar surface area (TPSA) is 29.5 Å². The number of nitrogens with zero attached hydrogens (tertiary/aromatic N) is 1. The lowest BCUT2D eigenvalue weighted by Crippen LogP contribution is -2.30. The average molecular weight is 576 g/mol. The first-order valence-corrected chi connectivity index (χ1v) is 12.3. The average Bonchev–Trinajstić information content (AvgIpc) is 3.00. The van der Waals surface area contributed by atoms with Crippen LogP contribution < -0.4 is 9.64 Å². The number of carbonyl (C=O) groups is 1. The molecule has 3 nitrogen and oxygen atoms in total. The van der Waals surface area contributed by atoms with Crippen molar-refractivity contribution in [3.8, 4) is 5.75 Å². The SMILES string of the molecule is CC(C)CN1C(=O)/C(=C\c2cc(Br)c(OCc3ccccc3Cl)c(Br)c2)c2ccccc21. The van der Waals surface area contributed by atoms with Crippen molar-refractivity contribution in [1.82, 2.24) is 0 Å². The number of fused-ring (bicyclic) bond motifs is 1. The summed E-state index contributed by atoms with van der Waals surface area (Å²) in [5, 5.41) is 0.672. The normalized spacial score (nSPS) is 14.4. The lowest BCUT2D eigenvalue weighted by Gasteiger charge is -2.19. The molecule has 0 fully saturated rings. The van der Waals surface area contributed by atoms with E-state index in [1.807, 2.05) is 71.6 Å². The summed E-state index contributed by atoms with van der Waals surface area (Å²) in [5.41, 5.74) is 4.44. The summed E-state index contributed by atoms with van der Waals surface area (Å²) < 4.78 is 7.61. The van der Waals surface area contributed by atoms with Gasteiger partial charge in [-0.25, -0.2) is 0 Å². The fraction of sp³-hybridized carbons (Fsp3) is 0.192. The molecule has 32 heavy (non-hydrogen) atoms. The number of hydrogen-bond acceptors (Lipinski definition) is 2. The Morgan fingerprint density at radius 1 is 1.03 bits per heavy atom. The summed E-state index contributed by atoms with van der Waals surface area (Å²) in [6.45, 7) is 5.28. The Bertz CT molecular complexity index is 1180. The third-order valence-corrected chi connectivity index (χ3v) is 6.72. The molecular formula is C26H22Br2ClNO2. The second-order valence-electron chi connectivity index (χ2n) is 8.08. The van der Waals surface area contributed by atoms with Gasteiger partial charge in [0.2, 0.25) is 0 Å². The van der Waals surface area contributed by atoms with E-state index in [4.69, 9.17) is 16.3 Å². The van der Waals surface area contributed by atoms with Gasteiger partial charge in [-0.1, -0.05) is 61.8 Å². The van der Waals surface area contributed by atoms with Gasteiger partial charge in [-0.15, -0.1) is 0 Å². The molecule has 0 atom stereocenters. The van der Waals surface area contributed by atoms with Gasteiger partial charge in [-0.05, 0) is 73.7 Å². The Morgan fingerprint density at radius 2 is 1.69 bits per heavy atom. The standard InChI is InChI=1S/C26H22Br2ClNO2/c1-16(2)14-30-24-10-6-4-8-19(24)20(26(30)31)11-17-12-21(27)25(22(28)13-17)32-15-18-7-3-5-9-23(18)29/h3-13,16H,14-15H2,1-2H3/b20-11-. The summed E-state index contributed by atoms with van der Waals surface area (Å²) in [7, 11) is 0. The van der Waals surface area contributed by atoms with Crippen LogP contribution in [-0.4, -0.2) is 12.5 Å². The summed E-state index contributed by atoms with van der Waals surface area (Å²) in [6, 6.07) is 19.5. The Hall–Kier alpha value is -2.08. The van der Waals surface area contributed by atoms with Gasteiger partial charge < -0.3 is 9.64 Å². The molecule has 0 saturated heterocycles. The number of anilines is 1. The van der Waals surface area contributed by atoms with E-state index in [1.54, 1.807) is 0 Å². The van der Waals surface area contributed by atoms with Crippen LogP contribution >= 0.6 is 43.5 Å². The van der Waals surface area contributed by atoms with E-state index in [0.717, 1.165) is 31.3 Å². The van der Waals surface area contributed by atoms with Crippen LogP contribution in [0.5, 0.6) is 5.75 Å². The van der Waals surface area contributed by atoms with Crippen molar-refractivity contribution in [3.05, 3.63) is 91.3 Å². The maximum atomic E-state index is 13.2. The van der Waals surface area contributed by atoms with Crippen LogP contribution in [0.1, 0.15) is 30.5 Å². The fourth-order valence-corrected chi connectivity index (χ4v) is 5.37. The molecule has 4 rings (SSSR count). The maximum Gasteiger partial charge on any atom is 0.259 e. The summed E-state index contributed by atoms with van der Waals surface area (Å²) in [5.74, 6) is 1.10. The van der Waals surface area contributed by atoms with Gasteiger partial charge in [0.25, 0.3) is 5.91 Å². The van der Waals surface area contributed by atoms with Crippen LogP contribution in [0.2, 0.25) is 5.02 Å². The summed E-state index contributed by atoms with van der Waals surface area (Å²) in [4.78, 5) is 15.1. The van der Waals surface area contributed by atoms with Crippen molar-refractivity contribution in [2.24, 2.45) is 5.92 Å². The molecule has 0 aromatic heterocycles. The highest BCUT2D eigenvalue weighted by molar-refractivity contribution is 9.11. The molecule has 0 spiro atoms. The molecule has 6 heteroatoms. The Balaban J connectivity index is 1.63. The summed E-state index contributed by atoms with van der Waals surface area (Å²) in [6.07, 6.45) is 1.94. The monoisotopic (exact) mass is 573 g/mol. The van der Waals surface area contributed by atoms with Gasteiger partial charge in [-0.3, -0.25) is 4.79 Å². The number of hydrogen-bond donors (Lipinski definition) is 0. The zero-order valence-corrected chi connectivity index (χ0v) is 21.7. The van der Waals surface area contributed by atoms with Gasteiger partial charge in [0.1, 0.15) is 12.4 Å². The Morgan fingerprint density at radius 3 is 2.38 bits per heavy atom. The zero-order chi connectivity index (χ0) is 22.8. The van der Waals surface area contributed by atoms with Crippen molar-refractivity contribution in [1.29, 1.82) is 0 Å². The molecule has 1 heterocycles. The van der Waals surface area contributed by atoms with Crippen molar-refractivity contribution in [2.45, 2.75) is 20.5 Å². The highest BCUT2D eigenvalue weighted by Gasteiger charge is 2.32. The number of para-hydroxylation sites is 1. The largest absolute Gasteiger partial charge is 0.486 e. The molecule has 0 saturated carbocycles. The number of ether oxygens (including phenoxy) is 1. The third kappa shape index (κ3) is 4.80. The van der Waals surface area contributed by atoms with Crippen molar-refractivity contribution >= 4 is 66.7 Å². The minimum absolute atomic E-state index is 0.0335. The highest BCUT2D eigenvalue weighted by atomic mass is 79.9. The van der Waals surface area contributed by atoms with E-state index in [-0.39, 0.29) is 5.91 Å². The zero-order valence-electron chi connectivity index (χ0n) is 17.7. The number of halogens is 3. The first-order valence-electron chi connectivity index (χ1n) is 10.3. The first-order chi connectivity index (χ1) is 15.3. The van der Waals surface area contributed by atoms with Gasteiger partial charge in [0, 0.05) is 28.3 Å². The minimum Gasteiger partial charge on any atom is -0.486 e. The van der Waals surface area contributed by atoms with Gasteiger partial charge in [0.05, 0.1) is 14.6 Å². The van der Waals surface area contributed by atoms with E-state index in [0.29, 0.717) is 35.4 Å². The lowest BCUT2D eigenvalue weighted by atomic mass is 10.0.